The Kier molecular flexibility index (Phi) is 3.98. The second-order valence-corrected chi connectivity index (χ2v) is 7.35. The van der Waals surface area contributed by atoms with Gasteiger partial charge in [0.2, 0.25) is 0 Å². The van der Waals surface area contributed by atoms with Crippen molar-refractivity contribution < 1.29 is 0 Å². The van der Waals surface area contributed by atoms with Crippen molar-refractivity contribution >= 4 is 28.6 Å². The third kappa shape index (κ3) is 2.48. The number of aromatic nitrogens is 3. The first-order valence-electron chi connectivity index (χ1n) is 8.02. The van der Waals surface area contributed by atoms with Gasteiger partial charge in [-0.05, 0) is 25.5 Å². The first kappa shape index (κ1) is 15.5. The number of halogens is 1. The summed E-state index contributed by atoms with van der Waals surface area (Å²) in [5.74, 6) is 1.77. The molecule has 1 aromatic carbocycles. The van der Waals surface area contributed by atoms with Crippen molar-refractivity contribution in [2.75, 3.05) is 0 Å². The van der Waals surface area contributed by atoms with E-state index in [2.05, 4.69) is 27.8 Å². The Labute approximate surface area is 149 Å². The van der Waals surface area contributed by atoms with Crippen LogP contribution in [0.4, 0.5) is 0 Å². The lowest BCUT2D eigenvalue weighted by Gasteiger charge is -2.08. The van der Waals surface area contributed by atoms with E-state index < -0.39 is 0 Å². The Morgan fingerprint density at radius 2 is 2.04 bits per heavy atom. The molecule has 2 aromatic heterocycles. The molecule has 0 atom stereocenters. The van der Waals surface area contributed by atoms with Crippen molar-refractivity contribution in [3.8, 4) is 5.00 Å². The standard InChI is InChI=1S/C18H17ClN4S/c1-3-6-12-9-14-17(13-7-4-5-8-15(13)19)20-10-16-22-21-11(2)23(16)18(14)24-12/h4-5,7-9H,3,6,10H2,1-2H3. The van der Waals surface area contributed by atoms with Crippen LogP contribution < -0.4 is 0 Å². The van der Waals surface area contributed by atoms with Gasteiger partial charge in [0.15, 0.2) is 5.82 Å². The zero-order valence-electron chi connectivity index (χ0n) is 13.6. The molecular formula is C18H17ClN4S. The minimum absolute atomic E-state index is 0.506. The van der Waals surface area contributed by atoms with Gasteiger partial charge in [0.05, 0.1) is 5.71 Å². The van der Waals surface area contributed by atoms with Gasteiger partial charge in [-0.3, -0.25) is 9.56 Å². The first-order valence-corrected chi connectivity index (χ1v) is 9.22. The van der Waals surface area contributed by atoms with E-state index in [4.69, 9.17) is 16.6 Å². The number of aryl methyl sites for hydroxylation is 2. The summed E-state index contributed by atoms with van der Waals surface area (Å²) in [6.07, 6.45) is 2.18. The molecule has 0 radical (unpaired) electrons. The van der Waals surface area contributed by atoms with Gasteiger partial charge < -0.3 is 0 Å². The largest absolute Gasteiger partial charge is 0.276 e. The number of benzene rings is 1. The fourth-order valence-electron chi connectivity index (χ4n) is 3.03. The Bertz CT molecular complexity index is 938. The van der Waals surface area contributed by atoms with E-state index in [1.54, 1.807) is 11.3 Å². The van der Waals surface area contributed by atoms with Gasteiger partial charge >= 0.3 is 0 Å². The second-order valence-electron chi connectivity index (χ2n) is 5.83. The van der Waals surface area contributed by atoms with Crippen LogP contribution in [0.15, 0.2) is 35.3 Å². The first-order chi connectivity index (χ1) is 11.7. The van der Waals surface area contributed by atoms with Crippen molar-refractivity contribution in [2.24, 2.45) is 4.99 Å². The predicted molar refractivity (Wildman–Crippen MR) is 98.8 cm³/mol. The Morgan fingerprint density at radius 1 is 1.21 bits per heavy atom. The van der Waals surface area contributed by atoms with E-state index in [1.165, 1.54) is 4.88 Å². The third-order valence-electron chi connectivity index (χ3n) is 4.12. The average Bonchev–Trinajstić information content (AvgIpc) is 3.09. The van der Waals surface area contributed by atoms with Gasteiger partial charge in [0.25, 0.3) is 0 Å². The maximum absolute atomic E-state index is 6.45. The van der Waals surface area contributed by atoms with E-state index in [-0.39, 0.29) is 0 Å². The lowest BCUT2D eigenvalue weighted by molar-refractivity contribution is 0.869. The summed E-state index contributed by atoms with van der Waals surface area (Å²) in [7, 11) is 0. The summed E-state index contributed by atoms with van der Waals surface area (Å²) in [6.45, 7) is 4.69. The molecule has 24 heavy (non-hydrogen) atoms. The normalized spacial score (nSPS) is 13.2. The number of thiophene rings is 1. The summed E-state index contributed by atoms with van der Waals surface area (Å²) >= 11 is 8.25. The van der Waals surface area contributed by atoms with E-state index in [9.17, 15) is 0 Å². The van der Waals surface area contributed by atoms with Crippen LogP contribution >= 0.6 is 22.9 Å². The molecule has 0 aliphatic carbocycles. The van der Waals surface area contributed by atoms with Crippen LogP contribution in [0.1, 0.15) is 41.0 Å². The van der Waals surface area contributed by atoms with Crippen molar-refractivity contribution in [3.63, 3.8) is 0 Å². The van der Waals surface area contributed by atoms with Crippen molar-refractivity contribution in [2.45, 2.75) is 33.2 Å². The molecule has 122 valence electrons. The van der Waals surface area contributed by atoms with Crippen molar-refractivity contribution in [1.82, 2.24) is 14.8 Å². The average molecular weight is 357 g/mol. The molecular weight excluding hydrogens is 340 g/mol. The van der Waals surface area contributed by atoms with Crippen LogP contribution in [0.5, 0.6) is 0 Å². The number of rotatable bonds is 3. The highest BCUT2D eigenvalue weighted by molar-refractivity contribution is 7.15. The minimum Gasteiger partial charge on any atom is -0.276 e. The lowest BCUT2D eigenvalue weighted by Crippen LogP contribution is -2.05. The van der Waals surface area contributed by atoms with Gasteiger partial charge in [0.1, 0.15) is 17.4 Å². The molecule has 6 heteroatoms. The van der Waals surface area contributed by atoms with Gasteiger partial charge in [0, 0.05) is 21.0 Å². The highest BCUT2D eigenvalue weighted by Gasteiger charge is 2.25. The molecule has 4 rings (SSSR count). The smallest absolute Gasteiger partial charge is 0.160 e. The Hall–Kier alpha value is -1.98. The van der Waals surface area contributed by atoms with Crippen LogP contribution in [0.2, 0.25) is 5.02 Å². The zero-order valence-corrected chi connectivity index (χ0v) is 15.2. The van der Waals surface area contributed by atoms with Gasteiger partial charge in [-0.15, -0.1) is 21.5 Å². The minimum atomic E-state index is 0.506. The topological polar surface area (TPSA) is 43.1 Å². The number of hydrogen-bond donors (Lipinski definition) is 0. The SMILES string of the molecule is CCCc1cc2c(s1)-n1c(C)nnc1CN=C2c1ccccc1Cl. The number of hydrogen-bond acceptors (Lipinski definition) is 4. The molecule has 0 spiro atoms. The molecule has 0 fully saturated rings. The van der Waals surface area contributed by atoms with Gasteiger partial charge in [-0.2, -0.15) is 0 Å². The quantitative estimate of drug-likeness (QED) is 0.688. The molecule has 0 bridgehead atoms. The maximum Gasteiger partial charge on any atom is 0.160 e. The van der Waals surface area contributed by atoms with E-state index in [0.717, 1.165) is 51.4 Å². The molecule has 1 aliphatic heterocycles. The molecule has 3 heterocycles. The van der Waals surface area contributed by atoms with E-state index in [0.29, 0.717) is 6.54 Å². The summed E-state index contributed by atoms with van der Waals surface area (Å²) < 4.78 is 2.13. The molecule has 1 aliphatic rings. The number of aliphatic imine (C=N–C) groups is 1. The molecule has 3 aromatic rings. The fraction of sp³-hybridized carbons (Fsp3) is 0.278. The summed E-state index contributed by atoms with van der Waals surface area (Å²) in [5, 5.41) is 10.4. The zero-order chi connectivity index (χ0) is 16.7. The molecule has 0 amide bonds. The lowest BCUT2D eigenvalue weighted by atomic mass is 10.0. The van der Waals surface area contributed by atoms with E-state index in [1.807, 2.05) is 31.2 Å². The summed E-state index contributed by atoms with van der Waals surface area (Å²) in [6, 6.07) is 10.1. The highest BCUT2D eigenvalue weighted by atomic mass is 35.5. The van der Waals surface area contributed by atoms with Crippen molar-refractivity contribution in [3.05, 3.63) is 63.0 Å². The van der Waals surface area contributed by atoms with E-state index >= 15 is 0 Å². The van der Waals surface area contributed by atoms with Crippen LogP contribution in [-0.2, 0) is 13.0 Å². The van der Waals surface area contributed by atoms with Crippen LogP contribution in [0.3, 0.4) is 0 Å². The van der Waals surface area contributed by atoms with Crippen LogP contribution in [0.25, 0.3) is 5.00 Å². The van der Waals surface area contributed by atoms with Crippen LogP contribution in [0, 0.1) is 6.92 Å². The molecule has 0 unspecified atom stereocenters. The summed E-state index contributed by atoms with van der Waals surface area (Å²) in [5.41, 5.74) is 3.04. The van der Waals surface area contributed by atoms with Crippen LogP contribution in [-0.4, -0.2) is 20.5 Å². The Balaban J connectivity index is 1.96. The number of fused-ring (bicyclic) bond motifs is 3. The Morgan fingerprint density at radius 3 is 2.83 bits per heavy atom. The molecule has 0 saturated carbocycles. The van der Waals surface area contributed by atoms with Gasteiger partial charge in [-0.1, -0.05) is 43.1 Å². The highest BCUT2D eigenvalue weighted by Crippen LogP contribution is 2.34. The number of nitrogens with zero attached hydrogens (tertiary/aromatic N) is 4. The fourth-order valence-corrected chi connectivity index (χ4v) is 4.58. The van der Waals surface area contributed by atoms with Crippen molar-refractivity contribution in [1.29, 1.82) is 0 Å². The molecule has 4 nitrogen and oxygen atoms in total. The summed E-state index contributed by atoms with van der Waals surface area (Å²) in [4.78, 5) is 6.19. The monoisotopic (exact) mass is 356 g/mol. The molecule has 0 N–H and O–H groups in total. The second kappa shape index (κ2) is 6.15. The molecule has 0 saturated heterocycles. The van der Waals surface area contributed by atoms with Gasteiger partial charge in [-0.25, -0.2) is 0 Å². The third-order valence-corrected chi connectivity index (χ3v) is 5.63. The maximum atomic E-state index is 6.45. The predicted octanol–water partition coefficient (Wildman–Crippen LogP) is 4.59.